The maximum absolute atomic E-state index is 13.1. The number of carbonyl (C=O) groups excluding carboxylic acids is 1. The number of hydrogen-bond donors (Lipinski definition) is 2. The quantitative estimate of drug-likeness (QED) is 0.800. The standard InChI is InChI=1S/C12H14FNO4/c13-8-1-2-11(16)10(5-8)12(17)14-3-4-18-9(6-14)7-15/h1-2,5,9,15-16H,3-4,6-7H2. The number of ether oxygens (including phenoxy) is 1. The molecule has 1 unspecified atom stereocenters. The predicted octanol–water partition coefficient (Wildman–Crippen LogP) is 0.365. The van der Waals surface area contributed by atoms with Gasteiger partial charge in [0.1, 0.15) is 11.6 Å². The van der Waals surface area contributed by atoms with Crippen LogP contribution >= 0.6 is 0 Å². The van der Waals surface area contributed by atoms with Gasteiger partial charge in [0.25, 0.3) is 5.91 Å². The second-order valence-corrected chi connectivity index (χ2v) is 4.09. The number of benzene rings is 1. The van der Waals surface area contributed by atoms with E-state index < -0.39 is 17.8 Å². The van der Waals surface area contributed by atoms with E-state index in [2.05, 4.69) is 0 Å². The molecular formula is C12H14FNO4. The number of phenols is 1. The van der Waals surface area contributed by atoms with Crippen LogP contribution in [0.15, 0.2) is 18.2 Å². The lowest BCUT2D eigenvalue weighted by atomic mass is 10.1. The average molecular weight is 255 g/mol. The molecule has 1 heterocycles. The molecule has 0 bridgehead atoms. The summed E-state index contributed by atoms with van der Waals surface area (Å²) >= 11 is 0. The largest absolute Gasteiger partial charge is 0.507 e. The van der Waals surface area contributed by atoms with E-state index in [9.17, 15) is 14.3 Å². The lowest BCUT2D eigenvalue weighted by molar-refractivity contribution is -0.0447. The Balaban J connectivity index is 2.17. The van der Waals surface area contributed by atoms with Crippen LogP contribution in [-0.4, -0.2) is 53.4 Å². The highest BCUT2D eigenvalue weighted by atomic mass is 19.1. The van der Waals surface area contributed by atoms with Crippen LogP contribution in [0, 0.1) is 5.82 Å². The van der Waals surface area contributed by atoms with Crippen LogP contribution in [0.1, 0.15) is 10.4 Å². The van der Waals surface area contributed by atoms with Gasteiger partial charge in [0.05, 0.1) is 24.9 Å². The summed E-state index contributed by atoms with van der Waals surface area (Å²) in [5.74, 6) is -1.30. The second-order valence-electron chi connectivity index (χ2n) is 4.09. The number of carbonyl (C=O) groups is 1. The highest BCUT2D eigenvalue weighted by Crippen LogP contribution is 2.20. The number of rotatable bonds is 2. The SMILES string of the molecule is O=C(c1cc(F)ccc1O)N1CCOC(CO)C1. The van der Waals surface area contributed by atoms with Crippen molar-refractivity contribution >= 4 is 5.91 Å². The second kappa shape index (κ2) is 5.32. The van der Waals surface area contributed by atoms with Gasteiger partial charge in [-0.25, -0.2) is 4.39 Å². The molecule has 1 aromatic rings. The molecule has 1 aromatic carbocycles. The van der Waals surface area contributed by atoms with Crippen molar-refractivity contribution in [3.8, 4) is 5.75 Å². The number of hydrogen-bond acceptors (Lipinski definition) is 4. The van der Waals surface area contributed by atoms with Crippen LogP contribution in [0.3, 0.4) is 0 Å². The van der Waals surface area contributed by atoms with Gasteiger partial charge < -0.3 is 19.8 Å². The number of morpholine rings is 1. The van der Waals surface area contributed by atoms with Crippen LogP contribution in [0.5, 0.6) is 5.75 Å². The Morgan fingerprint density at radius 3 is 3.06 bits per heavy atom. The average Bonchev–Trinajstić information content (AvgIpc) is 2.41. The zero-order valence-corrected chi connectivity index (χ0v) is 9.67. The van der Waals surface area contributed by atoms with E-state index in [1.807, 2.05) is 0 Å². The van der Waals surface area contributed by atoms with E-state index in [1.165, 1.54) is 4.90 Å². The zero-order chi connectivity index (χ0) is 13.1. The van der Waals surface area contributed by atoms with Crippen LogP contribution in [0.2, 0.25) is 0 Å². The first kappa shape index (κ1) is 12.8. The summed E-state index contributed by atoms with van der Waals surface area (Å²) in [6, 6.07) is 3.23. The van der Waals surface area contributed by atoms with Crippen LogP contribution in [-0.2, 0) is 4.74 Å². The van der Waals surface area contributed by atoms with E-state index in [0.717, 1.165) is 18.2 Å². The number of aliphatic hydroxyl groups is 1. The summed E-state index contributed by atoms with van der Waals surface area (Å²) < 4.78 is 18.3. The number of aromatic hydroxyl groups is 1. The molecule has 1 fully saturated rings. The van der Waals surface area contributed by atoms with Gasteiger partial charge in [0, 0.05) is 13.1 Å². The Labute approximate surface area is 103 Å². The number of halogens is 1. The van der Waals surface area contributed by atoms with Crippen LogP contribution in [0.25, 0.3) is 0 Å². The van der Waals surface area contributed by atoms with Gasteiger partial charge >= 0.3 is 0 Å². The summed E-state index contributed by atoms with van der Waals surface area (Å²) in [6.45, 7) is 0.711. The number of phenolic OH excluding ortho intramolecular Hbond substituents is 1. The van der Waals surface area contributed by atoms with Crippen molar-refractivity contribution in [3.63, 3.8) is 0 Å². The van der Waals surface area contributed by atoms with Crippen molar-refractivity contribution in [2.75, 3.05) is 26.3 Å². The fourth-order valence-electron chi connectivity index (χ4n) is 1.86. The van der Waals surface area contributed by atoms with Gasteiger partial charge in [-0.15, -0.1) is 0 Å². The Hall–Kier alpha value is -1.66. The summed E-state index contributed by atoms with van der Waals surface area (Å²) in [5, 5.41) is 18.6. The Kier molecular flexibility index (Phi) is 3.78. The Bertz CT molecular complexity index is 452. The van der Waals surface area contributed by atoms with Crippen molar-refractivity contribution < 1.29 is 24.1 Å². The van der Waals surface area contributed by atoms with Crippen molar-refractivity contribution in [2.24, 2.45) is 0 Å². The first-order valence-electron chi connectivity index (χ1n) is 5.62. The highest BCUT2D eigenvalue weighted by molar-refractivity contribution is 5.96. The predicted molar refractivity (Wildman–Crippen MR) is 60.8 cm³/mol. The molecule has 1 amide bonds. The molecule has 2 rings (SSSR count). The molecule has 1 aliphatic rings. The minimum absolute atomic E-state index is 0.0754. The van der Waals surface area contributed by atoms with Crippen molar-refractivity contribution in [1.29, 1.82) is 0 Å². The van der Waals surface area contributed by atoms with E-state index in [0.29, 0.717) is 13.2 Å². The topological polar surface area (TPSA) is 70.0 Å². The minimum Gasteiger partial charge on any atom is -0.507 e. The maximum atomic E-state index is 13.1. The van der Waals surface area contributed by atoms with E-state index >= 15 is 0 Å². The molecule has 1 atom stereocenters. The molecule has 1 saturated heterocycles. The van der Waals surface area contributed by atoms with Gasteiger partial charge in [-0.1, -0.05) is 0 Å². The molecule has 6 heteroatoms. The third-order valence-electron chi connectivity index (χ3n) is 2.82. The van der Waals surface area contributed by atoms with Gasteiger partial charge in [0.15, 0.2) is 0 Å². The molecule has 0 radical (unpaired) electrons. The number of nitrogens with zero attached hydrogens (tertiary/aromatic N) is 1. The van der Waals surface area contributed by atoms with Crippen LogP contribution in [0.4, 0.5) is 4.39 Å². The first-order chi connectivity index (χ1) is 8.61. The highest BCUT2D eigenvalue weighted by Gasteiger charge is 2.26. The number of amides is 1. The van der Waals surface area contributed by atoms with E-state index in [4.69, 9.17) is 9.84 Å². The van der Waals surface area contributed by atoms with Gasteiger partial charge in [-0.05, 0) is 18.2 Å². The fourth-order valence-corrected chi connectivity index (χ4v) is 1.86. The summed E-state index contributed by atoms with van der Waals surface area (Å²) in [5.41, 5.74) is -0.0754. The zero-order valence-electron chi connectivity index (χ0n) is 9.67. The molecule has 18 heavy (non-hydrogen) atoms. The minimum atomic E-state index is -0.580. The molecule has 2 N–H and O–H groups in total. The van der Waals surface area contributed by atoms with Crippen molar-refractivity contribution in [1.82, 2.24) is 4.90 Å². The molecule has 0 spiro atoms. The first-order valence-corrected chi connectivity index (χ1v) is 5.62. The fraction of sp³-hybridized carbons (Fsp3) is 0.417. The molecule has 0 saturated carbocycles. The van der Waals surface area contributed by atoms with E-state index in [1.54, 1.807) is 0 Å². The summed E-state index contributed by atoms with van der Waals surface area (Å²) in [6.07, 6.45) is -0.432. The Morgan fingerprint density at radius 1 is 1.56 bits per heavy atom. The lowest BCUT2D eigenvalue weighted by Gasteiger charge is -2.32. The third kappa shape index (κ3) is 2.60. The van der Waals surface area contributed by atoms with Crippen LogP contribution < -0.4 is 0 Å². The molecule has 5 nitrogen and oxygen atoms in total. The van der Waals surface area contributed by atoms with Gasteiger partial charge in [-0.2, -0.15) is 0 Å². The molecule has 1 aliphatic heterocycles. The van der Waals surface area contributed by atoms with Crippen molar-refractivity contribution in [3.05, 3.63) is 29.6 Å². The molecule has 0 aliphatic carbocycles. The normalized spacial score (nSPS) is 19.9. The molecule has 0 aromatic heterocycles. The van der Waals surface area contributed by atoms with E-state index in [-0.39, 0.29) is 24.5 Å². The summed E-state index contributed by atoms with van der Waals surface area (Å²) in [4.78, 5) is 13.5. The lowest BCUT2D eigenvalue weighted by Crippen LogP contribution is -2.46. The number of aliphatic hydroxyl groups excluding tert-OH is 1. The van der Waals surface area contributed by atoms with Gasteiger partial charge in [-0.3, -0.25) is 4.79 Å². The van der Waals surface area contributed by atoms with Gasteiger partial charge in [0.2, 0.25) is 0 Å². The van der Waals surface area contributed by atoms with Crippen molar-refractivity contribution in [2.45, 2.75) is 6.10 Å². The maximum Gasteiger partial charge on any atom is 0.257 e. The molecular weight excluding hydrogens is 241 g/mol. The third-order valence-corrected chi connectivity index (χ3v) is 2.82. The summed E-state index contributed by atoms with van der Waals surface area (Å²) in [7, 11) is 0. The Morgan fingerprint density at radius 2 is 2.33 bits per heavy atom. The monoisotopic (exact) mass is 255 g/mol. The smallest absolute Gasteiger partial charge is 0.257 e. The molecule has 98 valence electrons.